The quantitative estimate of drug-likeness (QED) is 0.932. The number of aromatic nitrogens is 1. The van der Waals surface area contributed by atoms with Crippen LogP contribution in [0.25, 0.3) is 0 Å². The lowest BCUT2D eigenvalue weighted by molar-refractivity contribution is 0.282. The highest BCUT2D eigenvalue weighted by molar-refractivity contribution is 6.33. The van der Waals surface area contributed by atoms with Crippen LogP contribution in [0.3, 0.4) is 0 Å². The molecule has 1 aromatic heterocycles. The van der Waals surface area contributed by atoms with Gasteiger partial charge in [0.15, 0.2) is 0 Å². The SMILES string of the molecule is Cc1cccc(CN(C)c2c(Cl)cccc2CO)n1. The first-order valence-corrected chi connectivity index (χ1v) is 6.51. The molecule has 2 rings (SSSR count). The molecule has 100 valence electrons. The molecule has 0 aliphatic rings. The van der Waals surface area contributed by atoms with Gasteiger partial charge in [0.05, 0.1) is 29.6 Å². The summed E-state index contributed by atoms with van der Waals surface area (Å²) in [5.41, 5.74) is 3.65. The molecule has 3 nitrogen and oxygen atoms in total. The van der Waals surface area contributed by atoms with Crippen molar-refractivity contribution in [1.82, 2.24) is 4.98 Å². The summed E-state index contributed by atoms with van der Waals surface area (Å²) in [6.45, 7) is 2.60. The van der Waals surface area contributed by atoms with E-state index in [1.54, 1.807) is 0 Å². The van der Waals surface area contributed by atoms with Gasteiger partial charge in [-0.25, -0.2) is 0 Å². The highest BCUT2D eigenvalue weighted by Crippen LogP contribution is 2.30. The molecule has 0 unspecified atom stereocenters. The van der Waals surface area contributed by atoms with E-state index in [1.165, 1.54) is 0 Å². The summed E-state index contributed by atoms with van der Waals surface area (Å²) in [5.74, 6) is 0. The standard InChI is InChI=1S/C15H17ClN2O/c1-11-5-3-7-13(17-11)9-18(2)15-12(10-19)6-4-8-14(15)16/h3-8,19H,9-10H2,1-2H3. The van der Waals surface area contributed by atoms with Gasteiger partial charge in [-0.3, -0.25) is 4.98 Å². The second-order valence-electron chi connectivity index (χ2n) is 4.53. The van der Waals surface area contributed by atoms with Gasteiger partial charge in [0.2, 0.25) is 0 Å². The lowest BCUT2D eigenvalue weighted by atomic mass is 10.1. The average Bonchev–Trinajstić information content (AvgIpc) is 2.38. The number of nitrogens with zero attached hydrogens (tertiary/aromatic N) is 2. The smallest absolute Gasteiger partial charge is 0.0702 e. The van der Waals surface area contributed by atoms with Crippen LogP contribution in [0.1, 0.15) is 17.0 Å². The molecule has 1 aromatic carbocycles. The van der Waals surface area contributed by atoms with E-state index < -0.39 is 0 Å². The molecule has 0 aliphatic heterocycles. The Bertz CT molecular complexity index is 572. The van der Waals surface area contributed by atoms with E-state index in [-0.39, 0.29) is 6.61 Å². The number of benzene rings is 1. The molecule has 1 N–H and O–H groups in total. The van der Waals surface area contributed by atoms with Crippen LogP contribution < -0.4 is 4.90 Å². The Morgan fingerprint density at radius 3 is 2.63 bits per heavy atom. The van der Waals surface area contributed by atoms with E-state index >= 15 is 0 Å². The lowest BCUT2D eigenvalue weighted by Gasteiger charge is -2.23. The van der Waals surface area contributed by atoms with Crippen LogP contribution in [0.5, 0.6) is 0 Å². The van der Waals surface area contributed by atoms with Gasteiger partial charge in [-0.1, -0.05) is 29.8 Å². The monoisotopic (exact) mass is 276 g/mol. The molecule has 0 saturated carbocycles. The van der Waals surface area contributed by atoms with Gasteiger partial charge in [0, 0.05) is 18.3 Å². The van der Waals surface area contributed by atoms with Gasteiger partial charge in [-0.05, 0) is 25.1 Å². The Kier molecular flexibility index (Phi) is 4.40. The Morgan fingerprint density at radius 1 is 1.21 bits per heavy atom. The number of rotatable bonds is 4. The summed E-state index contributed by atoms with van der Waals surface area (Å²) in [6.07, 6.45) is 0. The molecule has 0 aliphatic carbocycles. The zero-order valence-corrected chi connectivity index (χ0v) is 11.9. The number of aliphatic hydroxyl groups excluding tert-OH is 1. The molecule has 2 aromatic rings. The van der Waals surface area contributed by atoms with E-state index in [9.17, 15) is 5.11 Å². The second-order valence-corrected chi connectivity index (χ2v) is 4.94. The average molecular weight is 277 g/mol. The Balaban J connectivity index is 2.27. The molecule has 0 atom stereocenters. The molecule has 0 radical (unpaired) electrons. The van der Waals surface area contributed by atoms with Crippen LogP contribution in [-0.2, 0) is 13.2 Å². The van der Waals surface area contributed by atoms with Crippen LogP contribution in [0.2, 0.25) is 5.02 Å². The number of aryl methyl sites for hydroxylation is 1. The summed E-state index contributed by atoms with van der Waals surface area (Å²) < 4.78 is 0. The van der Waals surface area contributed by atoms with Gasteiger partial charge < -0.3 is 10.0 Å². The lowest BCUT2D eigenvalue weighted by Crippen LogP contribution is -2.19. The third kappa shape index (κ3) is 3.25. The molecular weight excluding hydrogens is 260 g/mol. The van der Waals surface area contributed by atoms with Crippen molar-refractivity contribution in [2.75, 3.05) is 11.9 Å². The molecular formula is C15H17ClN2O. The van der Waals surface area contributed by atoms with Crippen LogP contribution in [0.15, 0.2) is 36.4 Å². The van der Waals surface area contributed by atoms with Crippen molar-refractivity contribution < 1.29 is 5.11 Å². The number of hydrogen-bond acceptors (Lipinski definition) is 3. The van der Waals surface area contributed by atoms with Crippen molar-refractivity contribution in [3.63, 3.8) is 0 Å². The van der Waals surface area contributed by atoms with Gasteiger partial charge in [0.1, 0.15) is 0 Å². The van der Waals surface area contributed by atoms with Gasteiger partial charge >= 0.3 is 0 Å². The highest BCUT2D eigenvalue weighted by Gasteiger charge is 2.12. The maximum atomic E-state index is 9.40. The van der Waals surface area contributed by atoms with E-state index in [4.69, 9.17) is 11.6 Å². The molecule has 0 amide bonds. The predicted molar refractivity (Wildman–Crippen MR) is 78.5 cm³/mol. The van der Waals surface area contributed by atoms with Crippen molar-refractivity contribution in [2.24, 2.45) is 0 Å². The van der Waals surface area contributed by atoms with E-state index in [0.717, 1.165) is 22.6 Å². The van der Waals surface area contributed by atoms with Crippen molar-refractivity contribution in [1.29, 1.82) is 0 Å². The van der Waals surface area contributed by atoms with Crippen LogP contribution >= 0.6 is 11.6 Å². The summed E-state index contributed by atoms with van der Waals surface area (Å²) in [6, 6.07) is 11.5. The van der Waals surface area contributed by atoms with Crippen molar-refractivity contribution >= 4 is 17.3 Å². The first-order valence-electron chi connectivity index (χ1n) is 6.13. The number of anilines is 1. The minimum atomic E-state index is -0.0263. The van der Waals surface area contributed by atoms with Crippen LogP contribution in [0, 0.1) is 6.92 Å². The predicted octanol–water partition coefficient (Wildman–Crippen LogP) is 3.17. The molecule has 19 heavy (non-hydrogen) atoms. The molecule has 1 heterocycles. The van der Waals surface area contributed by atoms with E-state index in [2.05, 4.69) is 4.98 Å². The minimum absolute atomic E-state index is 0.0263. The molecule has 0 fully saturated rings. The molecule has 0 saturated heterocycles. The fraction of sp³-hybridized carbons (Fsp3) is 0.267. The first-order chi connectivity index (χ1) is 9.11. The van der Waals surface area contributed by atoms with Crippen LogP contribution in [-0.4, -0.2) is 17.1 Å². The molecule has 0 spiro atoms. The van der Waals surface area contributed by atoms with Gasteiger partial charge in [-0.2, -0.15) is 0 Å². The topological polar surface area (TPSA) is 36.4 Å². The third-order valence-corrected chi connectivity index (χ3v) is 3.27. The second kappa shape index (κ2) is 6.04. The maximum Gasteiger partial charge on any atom is 0.0702 e. The zero-order valence-electron chi connectivity index (χ0n) is 11.1. The fourth-order valence-electron chi connectivity index (χ4n) is 2.12. The summed E-state index contributed by atoms with van der Waals surface area (Å²) in [4.78, 5) is 6.49. The molecule has 4 heteroatoms. The van der Waals surface area contributed by atoms with Crippen LogP contribution in [0.4, 0.5) is 5.69 Å². The number of para-hydroxylation sites is 1. The highest BCUT2D eigenvalue weighted by atomic mass is 35.5. The minimum Gasteiger partial charge on any atom is -0.392 e. The first kappa shape index (κ1) is 13.8. The molecule has 0 bridgehead atoms. The zero-order chi connectivity index (χ0) is 13.8. The van der Waals surface area contributed by atoms with Crippen molar-refractivity contribution in [3.8, 4) is 0 Å². The van der Waals surface area contributed by atoms with Crippen molar-refractivity contribution in [3.05, 3.63) is 58.4 Å². The van der Waals surface area contributed by atoms with Gasteiger partial charge in [0.25, 0.3) is 0 Å². The summed E-state index contributed by atoms with van der Waals surface area (Å²) >= 11 is 6.23. The normalized spacial score (nSPS) is 10.5. The van der Waals surface area contributed by atoms with E-state index in [0.29, 0.717) is 11.6 Å². The number of hydrogen-bond donors (Lipinski definition) is 1. The summed E-state index contributed by atoms with van der Waals surface area (Å²) in [5, 5.41) is 10.0. The largest absolute Gasteiger partial charge is 0.392 e. The Hall–Kier alpha value is -1.58. The fourth-order valence-corrected chi connectivity index (χ4v) is 2.46. The van der Waals surface area contributed by atoms with E-state index in [1.807, 2.05) is 55.3 Å². The van der Waals surface area contributed by atoms with Crippen molar-refractivity contribution in [2.45, 2.75) is 20.1 Å². The third-order valence-electron chi connectivity index (χ3n) is 2.97. The Morgan fingerprint density at radius 2 is 1.95 bits per heavy atom. The number of pyridine rings is 1. The summed E-state index contributed by atoms with van der Waals surface area (Å²) in [7, 11) is 1.95. The maximum absolute atomic E-state index is 9.40. The Labute approximate surface area is 118 Å². The number of halogens is 1. The number of aliphatic hydroxyl groups is 1. The van der Waals surface area contributed by atoms with Gasteiger partial charge in [-0.15, -0.1) is 0 Å².